The molecule has 1 atom stereocenters. The normalized spacial score (nSPS) is 13.7. The van der Waals surface area contributed by atoms with Gasteiger partial charge in [-0.3, -0.25) is 0 Å². The molecular formula is C7H16OS. The summed E-state index contributed by atoms with van der Waals surface area (Å²) in [5.74, 6) is 0. The van der Waals surface area contributed by atoms with Gasteiger partial charge < -0.3 is 4.74 Å². The summed E-state index contributed by atoms with van der Waals surface area (Å²) >= 11 is 1.85. The van der Waals surface area contributed by atoms with E-state index in [1.54, 1.807) is 0 Å². The van der Waals surface area contributed by atoms with E-state index < -0.39 is 0 Å². The van der Waals surface area contributed by atoms with Crippen LogP contribution in [-0.4, -0.2) is 24.7 Å². The van der Waals surface area contributed by atoms with Gasteiger partial charge in [0, 0.05) is 11.9 Å². The molecule has 0 spiro atoms. The molecule has 1 unspecified atom stereocenters. The lowest BCUT2D eigenvalue weighted by atomic mass is 10.5. The molecule has 1 nitrogen and oxygen atoms in total. The molecule has 56 valence electrons. The third-order valence-electron chi connectivity index (χ3n) is 1.10. The highest BCUT2D eigenvalue weighted by Crippen LogP contribution is 2.04. The van der Waals surface area contributed by atoms with Crippen LogP contribution >= 0.6 is 11.8 Å². The predicted octanol–water partition coefficient (Wildman–Crippen LogP) is 2.16. The predicted molar refractivity (Wildman–Crippen MR) is 44.1 cm³/mol. The second-order valence-corrected chi connectivity index (χ2v) is 3.40. The van der Waals surface area contributed by atoms with Crippen LogP contribution in [0.3, 0.4) is 0 Å². The molecule has 0 N–H and O–H groups in total. The third-order valence-corrected chi connectivity index (χ3v) is 2.04. The Morgan fingerprint density at radius 3 is 2.67 bits per heavy atom. The van der Waals surface area contributed by atoms with Gasteiger partial charge in [-0.05, 0) is 12.7 Å². The Labute approximate surface area is 62.2 Å². The van der Waals surface area contributed by atoms with E-state index in [2.05, 4.69) is 20.1 Å². The standard InChI is InChI=1S/C7H16OS/c1-4-5-8-6-7(2)9-3/h7H,4-6H2,1-3H3. The monoisotopic (exact) mass is 148 g/mol. The molecule has 0 bridgehead atoms. The van der Waals surface area contributed by atoms with Crippen LogP contribution in [0.1, 0.15) is 20.3 Å². The minimum absolute atomic E-state index is 0.650. The lowest BCUT2D eigenvalue weighted by Gasteiger charge is -2.06. The van der Waals surface area contributed by atoms with Gasteiger partial charge in [-0.15, -0.1) is 0 Å². The van der Waals surface area contributed by atoms with Gasteiger partial charge in [0.2, 0.25) is 0 Å². The molecule has 0 rings (SSSR count). The van der Waals surface area contributed by atoms with E-state index in [4.69, 9.17) is 4.74 Å². The van der Waals surface area contributed by atoms with Gasteiger partial charge in [-0.2, -0.15) is 11.8 Å². The molecule has 0 aromatic heterocycles. The van der Waals surface area contributed by atoms with Gasteiger partial charge in [0.1, 0.15) is 0 Å². The van der Waals surface area contributed by atoms with Gasteiger partial charge in [0.25, 0.3) is 0 Å². The van der Waals surface area contributed by atoms with E-state index in [0.717, 1.165) is 19.6 Å². The Kier molecular flexibility index (Phi) is 6.65. The Morgan fingerprint density at radius 1 is 1.56 bits per heavy atom. The molecular weight excluding hydrogens is 132 g/mol. The molecule has 0 aliphatic rings. The summed E-state index contributed by atoms with van der Waals surface area (Å²) in [4.78, 5) is 0. The van der Waals surface area contributed by atoms with Crippen molar-refractivity contribution in [1.82, 2.24) is 0 Å². The van der Waals surface area contributed by atoms with Gasteiger partial charge in [-0.1, -0.05) is 13.8 Å². The maximum Gasteiger partial charge on any atom is 0.0582 e. The Hall–Kier alpha value is 0.310. The van der Waals surface area contributed by atoms with Crippen LogP contribution in [0.25, 0.3) is 0 Å². The minimum atomic E-state index is 0.650. The summed E-state index contributed by atoms with van der Waals surface area (Å²) in [5, 5.41) is 0.650. The van der Waals surface area contributed by atoms with Crippen LogP contribution in [0, 0.1) is 0 Å². The van der Waals surface area contributed by atoms with Crippen molar-refractivity contribution in [2.24, 2.45) is 0 Å². The van der Waals surface area contributed by atoms with E-state index in [1.807, 2.05) is 11.8 Å². The SMILES string of the molecule is CCCOCC(C)SC. The highest BCUT2D eigenvalue weighted by Gasteiger charge is 1.96. The second-order valence-electron chi connectivity index (χ2n) is 2.12. The minimum Gasteiger partial charge on any atom is -0.380 e. The Morgan fingerprint density at radius 2 is 2.22 bits per heavy atom. The second kappa shape index (κ2) is 6.43. The van der Waals surface area contributed by atoms with Crippen LogP contribution in [0.2, 0.25) is 0 Å². The first kappa shape index (κ1) is 9.31. The van der Waals surface area contributed by atoms with Gasteiger partial charge >= 0.3 is 0 Å². The van der Waals surface area contributed by atoms with Crippen molar-refractivity contribution in [2.45, 2.75) is 25.5 Å². The Balaban J connectivity index is 2.88. The van der Waals surface area contributed by atoms with E-state index in [1.165, 1.54) is 0 Å². The highest BCUT2D eigenvalue weighted by atomic mass is 32.2. The average molecular weight is 148 g/mol. The molecule has 0 amide bonds. The maximum atomic E-state index is 5.31. The Bertz CT molecular complexity index is 56.9. The number of hydrogen-bond acceptors (Lipinski definition) is 2. The van der Waals surface area contributed by atoms with Crippen molar-refractivity contribution in [3.63, 3.8) is 0 Å². The average Bonchev–Trinajstić information content (AvgIpc) is 1.89. The summed E-state index contributed by atoms with van der Waals surface area (Å²) in [6, 6.07) is 0. The fourth-order valence-electron chi connectivity index (χ4n) is 0.462. The van der Waals surface area contributed by atoms with E-state index in [9.17, 15) is 0 Å². The van der Waals surface area contributed by atoms with Crippen molar-refractivity contribution in [1.29, 1.82) is 0 Å². The van der Waals surface area contributed by atoms with Crippen molar-refractivity contribution >= 4 is 11.8 Å². The zero-order valence-corrected chi connectivity index (χ0v) is 7.33. The first-order valence-electron chi connectivity index (χ1n) is 3.41. The number of rotatable bonds is 5. The topological polar surface area (TPSA) is 9.23 Å². The van der Waals surface area contributed by atoms with E-state index >= 15 is 0 Å². The van der Waals surface area contributed by atoms with Crippen LogP contribution in [0.15, 0.2) is 0 Å². The lowest BCUT2D eigenvalue weighted by Crippen LogP contribution is -2.07. The third kappa shape index (κ3) is 6.19. The van der Waals surface area contributed by atoms with Gasteiger partial charge in [0.05, 0.1) is 6.61 Å². The molecule has 9 heavy (non-hydrogen) atoms. The van der Waals surface area contributed by atoms with Crippen molar-refractivity contribution in [3.8, 4) is 0 Å². The smallest absolute Gasteiger partial charge is 0.0582 e. The first-order valence-corrected chi connectivity index (χ1v) is 4.70. The molecule has 0 aliphatic heterocycles. The highest BCUT2D eigenvalue weighted by molar-refractivity contribution is 7.99. The largest absolute Gasteiger partial charge is 0.380 e. The lowest BCUT2D eigenvalue weighted by molar-refractivity contribution is 0.138. The summed E-state index contributed by atoms with van der Waals surface area (Å²) in [6.45, 7) is 6.12. The summed E-state index contributed by atoms with van der Waals surface area (Å²) in [5.41, 5.74) is 0. The molecule has 0 aromatic carbocycles. The quantitative estimate of drug-likeness (QED) is 0.553. The van der Waals surface area contributed by atoms with Crippen LogP contribution in [0.4, 0.5) is 0 Å². The zero-order valence-electron chi connectivity index (χ0n) is 6.52. The van der Waals surface area contributed by atoms with Crippen LogP contribution in [0.5, 0.6) is 0 Å². The maximum absolute atomic E-state index is 5.31. The zero-order chi connectivity index (χ0) is 7.11. The van der Waals surface area contributed by atoms with Crippen molar-refractivity contribution in [3.05, 3.63) is 0 Å². The molecule has 0 heterocycles. The number of thioether (sulfide) groups is 1. The number of hydrogen-bond donors (Lipinski definition) is 0. The fourth-order valence-corrected chi connectivity index (χ4v) is 0.694. The summed E-state index contributed by atoms with van der Waals surface area (Å²) < 4.78 is 5.31. The molecule has 0 aromatic rings. The van der Waals surface area contributed by atoms with E-state index in [-0.39, 0.29) is 0 Å². The molecule has 0 radical (unpaired) electrons. The van der Waals surface area contributed by atoms with Crippen LogP contribution in [-0.2, 0) is 4.74 Å². The summed E-state index contributed by atoms with van der Waals surface area (Å²) in [6.07, 6.45) is 3.24. The molecule has 2 heteroatoms. The molecule has 0 aliphatic carbocycles. The first-order chi connectivity index (χ1) is 4.31. The molecule has 0 saturated heterocycles. The van der Waals surface area contributed by atoms with Gasteiger partial charge in [-0.25, -0.2) is 0 Å². The molecule has 0 fully saturated rings. The number of ether oxygens (including phenoxy) is 1. The molecule has 0 saturated carbocycles. The van der Waals surface area contributed by atoms with Crippen molar-refractivity contribution < 1.29 is 4.74 Å². The van der Waals surface area contributed by atoms with E-state index in [0.29, 0.717) is 5.25 Å². The van der Waals surface area contributed by atoms with Gasteiger partial charge in [0.15, 0.2) is 0 Å². The summed E-state index contributed by atoms with van der Waals surface area (Å²) in [7, 11) is 0. The fraction of sp³-hybridized carbons (Fsp3) is 1.00. The van der Waals surface area contributed by atoms with Crippen molar-refractivity contribution in [2.75, 3.05) is 19.5 Å². The van der Waals surface area contributed by atoms with Crippen LogP contribution < -0.4 is 0 Å².